The fourth-order valence-corrected chi connectivity index (χ4v) is 2.73. The van der Waals surface area contributed by atoms with Crippen LogP contribution in [0.5, 0.6) is 0 Å². The molecular formula is C16H14F2N2O2. The molecule has 1 aliphatic rings. The van der Waals surface area contributed by atoms with Crippen LogP contribution >= 0.6 is 0 Å². The molecule has 1 aromatic heterocycles. The third-order valence-corrected chi connectivity index (χ3v) is 3.87. The number of alkyl halides is 1. The normalized spacial score (nSPS) is 21.1. The lowest BCUT2D eigenvalue weighted by Crippen LogP contribution is -2.33. The Morgan fingerprint density at radius 2 is 2.05 bits per heavy atom. The molecule has 1 fully saturated rings. The fraction of sp³-hybridized carbons (Fsp3) is 0.250. The number of H-pyrrole nitrogens is 1. The molecule has 6 heteroatoms. The second kappa shape index (κ2) is 5.36. The van der Waals surface area contributed by atoms with Crippen molar-refractivity contribution in [3.63, 3.8) is 0 Å². The van der Waals surface area contributed by atoms with E-state index in [1.807, 2.05) is 0 Å². The van der Waals surface area contributed by atoms with E-state index in [1.54, 1.807) is 6.07 Å². The van der Waals surface area contributed by atoms with E-state index in [0.29, 0.717) is 0 Å². The van der Waals surface area contributed by atoms with E-state index in [9.17, 15) is 14.0 Å². The third-order valence-electron chi connectivity index (χ3n) is 3.87. The zero-order valence-corrected chi connectivity index (χ0v) is 11.7. The molecule has 0 aliphatic carbocycles. The van der Waals surface area contributed by atoms with Crippen LogP contribution in [0.15, 0.2) is 47.4 Å². The van der Waals surface area contributed by atoms with Gasteiger partial charge in [0.1, 0.15) is 11.5 Å². The zero-order chi connectivity index (χ0) is 15.7. The van der Waals surface area contributed by atoms with Gasteiger partial charge in [0.15, 0.2) is 11.1 Å². The zero-order valence-electron chi connectivity index (χ0n) is 11.7. The van der Waals surface area contributed by atoms with Gasteiger partial charge in [-0.05, 0) is 6.07 Å². The van der Waals surface area contributed by atoms with Crippen molar-refractivity contribution in [1.29, 1.82) is 0 Å². The Morgan fingerprint density at radius 3 is 2.77 bits per heavy atom. The van der Waals surface area contributed by atoms with E-state index >= 15 is 4.39 Å². The van der Waals surface area contributed by atoms with Crippen LogP contribution in [0.4, 0.5) is 8.78 Å². The van der Waals surface area contributed by atoms with Gasteiger partial charge in [-0.3, -0.25) is 9.59 Å². The van der Waals surface area contributed by atoms with Gasteiger partial charge in [-0.1, -0.05) is 18.2 Å². The maximum Gasteiger partial charge on any atom is 0.270 e. The van der Waals surface area contributed by atoms with E-state index < -0.39 is 17.4 Å². The minimum Gasteiger partial charge on any atom is -0.357 e. The number of benzene rings is 1. The molecule has 0 saturated carbocycles. The maximum atomic E-state index is 15.0. The van der Waals surface area contributed by atoms with Gasteiger partial charge in [0.05, 0.1) is 6.54 Å². The van der Waals surface area contributed by atoms with Gasteiger partial charge in [-0.15, -0.1) is 0 Å². The molecule has 0 spiro atoms. The molecule has 1 unspecified atom stereocenters. The maximum absolute atomic E-state index is 15.0. The Bertz CT molecular complexity index is 774. The minimum atomic E-state index is -1.91. The van der Waals surface area contributed by atoms with Crippen molar-refractivity contribution >= 4 is 5.91 Å². The first kappa shape index (κ1) is 14.4. The van der Waals surface area contributed by atoms with Crippen molar-refractivity contribution < 1.29 is 13.6 Å². The molecule has 114 valence electrons. The Balaban J connectivity index is 1.84. The van der Waals surface area contributed by atoms with Gasteiger partial charge >= 0.3 is 0 Å². The summed E-state index contributed by atoms with van der Waals surface area (Å²) in [5.41, 5.74) is -2.14. The van der Waals surface area contributed by atoms with Gasteiger partial charge in [-0.2, -0.15) is 0 Å². The molecule has 22 heavy (non-hydrogen) atoms. The number of hydrogen-bond acceptors (Lipinski definition) is 2. The number of hydrogen-bond donors (Lipinski definition) is 1. The Morgan fingerprint density at radius 1 is 1.27 bits per heavy atom. The number of nitrogens with zero attached hydrogens (tertiary/aromatic N) is 1. The van der Waals surface area contributed by atoms with E-state index in [0.717, 1.165) is 0 Å². The SMILES string of the molecule is O=C(c1cc(=O)cc[nH]1)N1CCC(F)(c2ccccc2F)C1. The summed E-state index contributed by atoms with van der Waals surface area (Å²) in [5.74, 6) is -1.08. The molecule has 1 aliphatic heterocycles. The van der Waals surface area contributed by atoms with Crippen molar-refractivity contribution in [3.05, 3.63) is 69.9 Å². The van der Waals surface area contributed by atoms with Crippen molar-refractivity contribution in [2.24, 2.45) is 0 Å². The Kier molecular flexibility index (Phi) is 3.52. The van der Waals surface area contributed by atoms with E-state index in [4.69, 9.17) is 0 Å². The number of aromatic amines is 1. The molecule has 0 bridgehead atoms. The third kappa shape index (κ3) is 2.52. The smallest absolute Gasteiger partial charge is 0.270 e. The molecule has 1 aromatic carbocycles. The second-order valence-corrected chi connectivity index (χ2v) is 5.36. The lowest BCUT2D eigenvalue weighted by Gasteiger charge is -2.21. The number of aromatic nitrogens is 1. The summed E-state index contributed by atoms with van der Waals surface area (Å²) < 4.78 is 28.8. The molecule has 2 heterocycles. The molecule has 4 nitrogen and oxygen atoms in total. The average Bonchev–Trinajstić information content (AvgIpc) is 2.90. The predicted octanol–water partition coefficient (Wildman–Crippen LogP) is 2.22. The van der Waals surface area contributed by atoms with Crippen LogP contribution in [0, 0.1) is 5.82 Å². The number of nitrogens with one attached hydrogen (secondary N) is 1. The van der Waals surface area contributed by atoms with Crippen LogP contribution < -0.4 is 5.43 Å². The van der Waals surface area contributed by atoms with E-state index in [1.165, 1.54) is 41.4 Å². The summed E-state index contributed by atoms with van der Waals surface area (Å²) in [5, 5.41) is 0. The fourth-order valence-electron chi connectivity index (χ4n) is 2.73. The monoisotopic (exact) mass is 304 g/mol. The van der Waals surface area contributed by atoms with Crippen molar-refractivity contribution in [2.45, 2.75) is 12.1 Å². The number of rotatable bonds is 2. The summed E-state index contributed by atoms with van der Waals surface area (Å²) in [7, 11) is 0. The van der Waals surface area contributed by atoms with Gasteiger partial charge < -0.3 is 9.88 Å². The van der Waals surface area contributed by atoms with E-state index in [-0.39, 0.29) is 36.2 Å². The van der Waals surface area contributed by atoms with Crippen LogP contribution in [-0.2, 0) is 5.67 Å². The van der Waals surface area contributed by atoms with E-state index in [2.05, 4.69) is 4.98 Å². The average molecular weight is 304 g/mol. The number of likely N-dealkylation sites (tertiary alicyclic amines) is 1. The topological polar surface area (TPSA) is 53.2 Å². The van der Waals surface area contributed by atoms with Crippen molar-refractivity contribution in [3.8, 4) is 0 Å². The van der Waals surface area contributed by atoms with Gasteiger partial charge in [-0.25, -0.2) is 8.78 Å². The predicted molar refractivity (Wildman–Crippen MR) is 76.8 cm³/mol. The second-order valence-electron chi connectivity index (χ2n) is 5.36. The minimum absolute atomic E-state index is 0.0245. The van der Waals surface area contributed by atoms with Crippen LogP contribution in [0.25, 0.3) is 0 Å². The van der Waals surface area contributed by atoms with Gasteiger partial charge in [0.2, 0.25) is 0 Å². The standard InChI is InChI=1S/C16H14F2N2O2/c17-13-4-2-1-3-12(13)16(18)6-8-20(10-16)15(22)14-9-11(21)5-7-19-14/h1-5,7,9H,6,8,10H2,(H,19,21). The van der Waals surface area contributed by atoms with Crippen LogP contribution in [0.1, 0.15) is 22.5 Å². The first-order valence-electron chi connectivity index (χ1n) is 6.91. The first-order chi connectivity index (χ1) is 10.5. The van der Waals surface area contributed by atoms with Crippen LogP contribution in [-0.4, -0.2) is 28.9 Å². The highest BCUT2D eigenvalue weighted by molar-refractivity contribution is 5.92. The molecule has 3 rings (SSSR count). The van der Waals surface area contributed by atoms with Crippen LogP contribution in [0.3, 0.4) is 0 Å². The number of carbonyl (C=O) groups is 1. The molecule has 1 amide bonds. The summed E-state index contributed by atoms with van der Waals surface area (Å²) in [6.45, 7) is -0.0652. The summed E-state index contributed by atoms with van der Waals surface area (Å²) in [6, 6.07) is 8.13. The van der Waals surface area contributed by atoms with Crippen LogP contribution in [0.2, 0.25) is 0 Å². The highest BCUT2D eigenvalue weighted by Crippen LogP contribution is 2.37. The van der Waals surface area contributed by atoms with Gasteiger partial charge in [0, 0.05) is 36.9 Å². The van der Waals surface area contributed by atoms with Crippen molar-refractivity contribution in [2.75, 3.05) is 13.1 Å². The quantitative estimate of drug-likeness (QED) is 0.925. The number of halogens is 2. The molecular weight excluding hydrogens is 290 g/mol. The molecule has 1 atom stereocenters. The summed E-state index contributed by atoms with van der Waals surface area (Å²) >= 11 is 0. The lowest BCUT2D eigenvalue weighted by molar-refractivity contribution is 0.0742. The number of carbonyl (C=O) groups excluding carboxylic acids is 1. The Hall–Kier alpha value is -2.50. The number of pyridine rings is 1. The van der Waals surface area contributed by atoms with Crippen molar-refractivity contribution in [1.82, 2.24) is 9.88 Å². The molecule has 1 N–H and O–H groups in total. The molecule has 1 saturated heterocycles. The summed E-state index contributed by atoms with van der Waals surface area (Å²) in [6.07, 6.45) is 1.39. The number of amides is 1. The summed E-state index contributed by atoms with van der Waals surface area (Å²) in [4.78, 5) is 27.6. The highest BCUT2D eigenvalue weighted by Gasteiger charge is 2.43. The molecule has 0 radical (unpaired) electrons. The molecule has 2 aromatic rings. The lowest BCUT2D eigenvalue weighted by atomic mass is 9.94. The first-order valence-corrected chi connectivity index (χ1v) is 6.91. The highest BCUT2D eigenvalue weighted by atomic mass is 19.1. The Labute approximate surface area is 125 Å². The largest absolute Gasteiger partial charge is 0.357 e. The van der Waals surface area contributed by atoms with Gasteiger partial charge in [0.25, 0.3) is 5.91 Å².